The number of hydrogen-bond acceptors (Lipinski definition) is 4. The van der Waals surface area contributed by atoms with Gasteiger partial charge < -0.3 is 25.4 Å². The molecule has 2 amide bonds. The molecule has 1 atom stereocenters. The van der Waals surface area contributed by atoms with E-state index in [1.807, 2.05) is 49.4 Å². The second kappa shape index (κ2) is 10.3. The number of carbonyl (C=O) groups is 2. The number of morpholine rings is 1. The van der Waals surface area contributed by atoms with Gasteiger partial charge in [0.2, 0.25) is 0 Å². The van der Waals surface area contributed by atoms with Crippen molar-refractivity contribution in [3.05, 3.63) is 53.6 Å². The number of carboxylic acids is 1. The molecule has 31 heavy (non-hydrogen) atoms. The fourth-order valence-electron chi connectivity index (χ4n) is 3.74. The van der Waals surface area contributed by atoms with E-state index in [0.29, 0.717) is 36.9 Å². The first-order valence-electron chi connectivity index (χ1n) is 10.7. The zero-order valence-electron chi connectivity index (χ0n) is 18.4. The Bertz CT molecular complexity index is 912. The van der Waals surface area contributed by atoms with Crippen molar-refractivity contribution in [2.75, 3.05) is 35.3 Å². The number of aryl methyl sites for hydroxylation is 2. The van der Waals surface area contributed by atoms with Gasteiger partial charge in [-0.05, 0) is 49.1 Å². The lowest BCUT2D eigenvalue weighted by Gasteiger charge is -2.40. The molecule has 0 radical (unpaired) electrons. The van der Waals surface area contributed by atoms with Crippen LogP contribution in [0.3, 0.4) is 0 Å². The van der Waals surface area contributed by atoms with Crippen LogP contribution < -0.4 is 15.5 Å². The lowest BCUT2D eigenvalue weighted by Crippen LogP contribution is -2.48. The second-order valence-electron chi connectivity index (χ2n) is 8.27. The molecule has 1 aliphatic rings. The maximum absolute atomic E-state index is 12.7. The average molecular weight is 426 g/mol. The topological polar surface area (TPSA) is 90.9 Å². The van der Waals surface area contributed by atoms with Crippen LogP contribution in [0.1, 0.15) is 31.4 Å². The first-order chi connectivity index (χ1) is 14.8. The van der Waals surface area contributed by atoms with Gasteiger partial charge in [-0.1, -0.05) is 37.6 Å². The Kier molecular flexibility index (Phi) is 7.52. The van der Waals surface area contributed by atoms with Gasteiger partial charge in [-0.3, -0.25) is 4.79 Å². The number of nitrogens with one attached hydrogen (secondary N) is 2. The summed E-state index contributed by atoms with van der Waals surface area (Å²) < 4.78 is 5.69. The van der Waals surface area contributed by atoms with Gasteiger partial charge in [0.25, 0.3) is 0 Å². The molecule has 3 N–H and O–H groups in total. The molecule has 2 aromatic rings. The van der Waals surface area contributed by atoms with Gasteiger partial charge in [0.05, 0.1) is 30.6 Å². The third-order valence-electron chi connectivity index (χ3n) is 5.49. The highest BCUT2D eigenvalue weighted by atomic mass is 16.5. The summed E-state index contributed by atoms with van der Waals surface area (Å²) >= 11 is 0. The Morgan fingerprint density at radius 2 is 1.90 bits per heavy atom. The first kappa shape index (κ1) is 22.6. The molecular weight excluding hydrogens is 394 g/mol. The van der Waals surface area contributed by atoms with E-state index in [0.717, 1.165) is 23.4 Å². The Hall–Kier alpha value is -3.06. The number of nitrogens with zero attached hydrogens (tertiary/aromatic N) is 1. The van der Waals surface area contributed by atoms with Gasteiger partial charge in [0, 0.05) is 18.7 Å². The summed E-state index contributed by atoms with van der Waals surface area (Å²) in [6.07, 6.45) is 0.446. The standard InChI is InChI=1S/C24H31N3O4/c1-16(2)22-15-31-13-12-27(22)21-10-6-18(7-11-23(28)29)14-20(21)26-24(30)25-19-8-4-17(3)5-9-19/h4-6,8-10,14,16,22H,7,11-13,15H2,1-3H3,(H,28,29)(H2,25,26,30). The molecule has 1 heterocycles. The zero-order valence-corrected chi connectivity index (χ0v) is 18.4. The largest absolute Gasteiger partial charge is 0.481 e. The number of anilines is 3. The van der Waals surface area contributed by atoms with Gasteiger partial charge in [-0.2, -0.15) is 0 Å². The van der Waals surface area contributed by atoms with Crippen molar-refractivity contribution in [2.24, 2.45) is 5.92 Å². The molecule has 2 aromatic carbocycles. The van der Waals surface area contributed by atoms with Crippen LogP contribution in [-0.2, 0) is 16.0 Å². The van der Waals surface area contributed by atoms with Crippen molar-refractivity contribution in [3.8, 4) is 0 Å². The number of hydrogen-bond donors (Lipinski definition) is 3. The highest BCUT2D eigenvalue weighted by Gasteiger charge is 2.28. The summed E-state index contributed by atoms with van der Waals surface area (Å²) in [6, 6.07) is 13.2. The fraction of sp³-hybridized carbons (Fsp3) is 0.417. The predicted molar refractivity (Wildman–Crippen MR) is 123 cm³/mol. The van der Waals surface area contributed by atoms with E-state index in [9.17, 15) is 9.59 Å². The number of amides is 2. The number of benzene rings is 2. The third-order valence-corrected chi connectivity index (χ3v) is 5.49. The molecule has 0 saturated carbocycles. The number of rotatable bonds is 7. The van der Waals surface area contributed by atoms with Crippen LogP contribution in [0.5, 0.6) is 0 Å². The highest BCUT2D eigenvalue weighted by Crippen LogP contribution is 2.32. The van der Waals surface area contributed by atoms with Crippen LogP contribution in [0.2, 0.25) is 0 Å². The van der Waals surface area contributed by atoms with Crippen molar-refractivity contribution < 1.29 is 19.4 Å². The smallest absolute Gasteiger partial charge is 0.323 e. The summed E-state index contributed by atoms with van der Waals surface area (Å²) in [4.78, 5) is 26.0. The minimum absolute atomic E-state index is 0.0422. The SMILES string of the molecule is Cc1ccc(NC(=O)Nc2cc(CCC(=O)O)ccc2N2CCOCC2C(C)C)cc1. The molecule has 0 aliphatic carbocycles. The van der Waals surface area contributed by atoms with E-state index >= 15 is 0 Å². The molecule has 7 heteroatoms. The van der Waals surface area contributed by atoms with Crippen molar-refractivity contribution >= 4 is 29.1 Å². The third kappa shape index (κ3) is 6.21. The van der Waals surface area contributed by atoms with Crippen LogP contribution >= 0.6 is 0 Å². The van der Waals surface area contributed by atoms with Gasteiger partial charge in [0.1, 0.15) is 0 Å². The minimum Gasteiger partial charge on any atom is -0.481 e. The van der Waals surface area contributed by atoms with Gasteiger partial charge in [-0.15, -0.1) is 0 Å². The number of carboxylic acid groups (broad SMARTS) is 1. The Labute approximate surface area is 183 Å². The number of carbonyl (C=O) groups excluding carboxylic acids is 1. The first-order valence-corrected chi connectivity index (χ1v) is 10.7. The monoisotopic (exact) mass is 425 g/mol. The van der Waals surface area contributed by atoms with Crippen LogP contribution in [-0.4, -0.2) is 42.9 Å². The summed E-state index contributed by atoms with van der Waals surface area (Å²) in [5.74, 6) is -0.468. The fourth-order valence-corrected chi connectivity index (χ4v) is 3.74. The zero-order chi connectivity index (χ0) is 22.4. The molecule has 166 valence electrons. The summed E-state index contributed by atoms with van der Waals surface area (Å²) in [6.45, 7) is 8.29. The van der Waals surface area contributed by atoms with Crippen LogP contribution in [0.25, 0.3) is 0 Å². The quantitative estimate of drug-likeness (QED) is 0.607. The van der Waals surface area contributed by atoms with E-state index in [1.54, 1.807) is 0 Å². The highest BCUT2D eigenvalue weighted by molar-refractivity contribution is 6.02. The lowest BCUT2D eigenvalue weighted by atomic mass is 10.00. The van der Waals surface area contributed by atoms with E-state index < -0.39 is 5.97 Å². The molecule has 1 fully saturated rings. The van der Waals surface area contributed by atoms with Crippen molar-refractivity contribution in [2.45, 2.75) is 39.7 Å². The molecular formula is C24H31N3O4. The maximum Gasteiger partial charge on any atom is 0.323 e. The summed E-state index contributed by atoms with van der Waals surface area (Å²) in [7, 11) is 0. The Morgan fingerprint density at radius 3 is 2.58 bits per heavy atom. The van der Waals surface area contributed by atoms with Gasteiger partial charge in [-0.25, -0.2) is 4.79 Å². The number of aliphatic carboxylic acids is 1. The molecule has 1 aliphatic heterocycles. The van der Waals surface area contributed by atoms with E-state index in [-0.39, 0.29) is 18.5 Å². The molecule has 0 bridgehead atoms. The molecule has 1 unspecified atom stereocenters. The summed E-state index contributed by atoms with van der Waals surface area (Å²) in [5.41, 5.74) is 4.27. The molecule has 0 spiro atoms. The second-order valence-corrected chi connectivity index (χ2v) is 8.27. The van der Waals surface area contributed by atoms with Gasteiger partial charge >= 0.3 is 12.0 Å². The van der Waals surface area contributed by atoms with Crippen molar-refractivity contribution in [3.63, 3.8) is 0 Å². The van der Waals surface area contributed by atoms with Crippen molar-refractivity contribution in [1.82, 2.24) is 0 Å². The molecule has 1 saturated heterocycles. The molecule has 3 rings (SSSR count). The van der Waals surface area contributed by atoms with E-state index in [1.165, 1.54) is 0 Å². The van der Waals surface area contributed by atoms with Crippen LogP contribution in [0, 0.1) is 12.8 Å². The van der Waals surface area contributed by atoms with E-state index in [2.05, 4.69) is 29.4 Å². The summed E-state index contributed by atoms with van der Waals surface area (Å²) in [5, 5.41) is 14.9. The average Bonchev–Trinajstić information content (AvgIpc) is 2.74. The normalized spacial score (nSPS) is 16.3. The van der Waals surface area contributed by atoms with Crippen molar-refractivity contribution in [1.29, 1.82) is 0 Å². The lowest BCUT2D eigenvalue weighted by molar-refractivity contribution is -0.136. The van der Waals surface area contributed by atoms with E-state index in [4.69, 9.17) is 9.84 Å². The minimum atomic E-state index is -0.844. The molecule has 0 aromatic heterocycles. The number of urea groups is 1. The van der Waals surface area contributed by atoms with Crippen LogP contribution in [0.4, 0.5) is 21.9 Å². The van der Waals surface area contributed by atoms with Gasteiger partial charge in [0.15, 0.2) is 0 Å². The Balaban J connectivity index is 1.86. The molecule has 7 nitrogen and oxygen atoms in total. The maximum atomic E-state index is 12.7. The Morgan fingerprint density at radius 1 is 1.16 bits per heavy atom. The predicted octanol–water partition coefficient (Wildman–Crippen LogP) is 4.52. The number of ether oxygens (including phenoxy) is 1. The van der Waals surface area contributed by atoms with Crippen LogP contribution in [0.15, 0.2) is 42.5 Å².